The van der Waals surface area contributed by atoms with Crippen molar-refractivity contribution in [3.8, 4) is 17.0 Å². The summed E-state index contributed by atoms with van der Waals surface area (Å²) in [6, 6.07) is 17.2. The van der Waals surface area contributed by atoms with Crippen molar-refractivity contribution in [3.63, 3.8) is 0 Å². The molecule has 6 heteroatoms. The van der Waals surface area contributed by atoms with Crippen LogP contribution in [0.4, 0.5) is 0 Å². The molecule has 4 nitrogen and oxygen atoms in total. The van der Waals surface area contributed by atoms with Gasteiger partial charge in [-0.05, 0) is 41.0 Å². The molecule has 27 heavy (non-hydrogen) atoms. The number of nitrogens with zero attached hydrogens (tertiary/aromatic N) is 2. The molecule has 136 valence electrons. The summed E-state index contributed by atoms with van der Waals surface area (Å²) in [5, 5.41) is 1.09. The third-order valence-electron chi connectivity index (χ3n) is 4.43. The maximum absolute atomic E-state index is 12.6. The van der Waals surface area contributed by atoms with Crippen LogP contribution in [0.5, 0.6) is 5.88 Å². The van der Waals surface area contributed by atoms with Crippen LogP contribution in [0.2, 0.25) is 10.0 Å². The number of ether oxygens (including phenoxy) is 1. The minimum Gasteiger partial charge on any atom is -0.467 e. The number of carbonyl (C=O) groups is 1. The summed E-state index contributed by atoms with van der Waals surface area (Å²) in [6.45, 7) is 0.744. The van der Waals surface area contributed by atoms with Crippen LogP contribution < -0.4 is 4.74 Å². The summed E-state index contributed by atoms with van der Waals surface area (Å²) in [5.74, 6) is 0.388. The third-order valence-corrected chi connectivity index (χ3v) is 4.87. The smallest absolute Gasteiger partial charge is 0.261 e. The molecule has 0 saturated heterocycles. The van der Waals surface area contributed by atoms with Gasteiger partial charge in [-0.3, -0.25) is 4.79 Å². The summed E-state index contributed by atoms with van der Waals surface area (Å²) in [7, 11) is 0. The van der Waals surface area contributed by atoms with Crippen LogP contribution >= 0.6 is 23.2 Å². The highest BCUT2D eigenvalue weighted by Gasteiger charge is 2.25. The topological polar surface area (TPSA) is 42.4 Å². The predicted octanol–water partition coefficient (Wildman–Crippen LogP) is 4.98. The van der Waals surface area contributed by atoms with E-state index in [-0.39, 0.29) is 12.5 Å². The summed E-state index contributed by atoms with van der Waals surface area (Å²) < 4.78 is 5.68. The normalized spacial score (nSPS) is 13.7. The van der Waals surface area contributed by atoms with Gasteiger partial charge in [-0.15, -0.1) is 0 Å². The molecule has 0 N–H and O–H groups in total. The highest BCUT2D eigenvalue weighted by Crippen LogP contribution is 2.32. The molecule has 3 aromatic rings. The fraction of sp³-hybridized carbons (Fsp3) is 0.143. The Morgan fingerprint density at radius 1 is 1.04 bits per heavy atom. The van der Waals surface area contributed by atoms with Crippen LogP contribution in [0, 0.1) is 0 Å². The summed E-state index contributed by atoms with van der Waals surface area (Å²) in [4.78, 5) is 18.7. The highest BCUT2D eigenvalue weighted by molar-refractivity contribution is 6.34. The van der Waals surface area contributed by atoms with E-state index in [2.05, 4.69) is 4.98 Å². The number of pyridine rings is 1. The molecule has 0 fully saturated rings. The third kappa shape index (κ3) is 3.92. The second-order valence-electron chi connectivity index (χ2n) is 6.32. The number of amides is 1. The zero-order valence-corrected chi connectivity index (χ0v) is 15.9. The van der Waals surface area contributed by atoms with E-state index in [9.17, 15) is 4.79 Å². The molecule has 0 atom stereocenters. The van der Waals surface area contributed by atoms with Gasteiger partial charge in [0.2, 0.25) is 5.88 Å². The van der Waals surface area contributed by atoms with Gasteiger partial charge in [0.15, 0.2) is 6.61 Å². The van der Waals surface area contributed by atoms with E-state index >= 15 is 0 Å². The van der Waals surface area contributed by atoms with Crippen molar-refractivity contribution < 1.29 is 9.53 Å². The molecule has 2 heterocycles. The molecule has 1 aliphatic heterocycles. The van der Waals surface area contributed by atoms with Crippen LogP contribution in [0.25, 0.3) is 11.1 Å². The number of carbonyl (C=O) groups excluding carboxylic acids is 1. The van der Waals surface area contributed by atoms with Gasteiger partial charge in [-0.2, -0.15) is 0 Å². The van der Waals surface area contributed by atoms with E-state index in [1.54, 1.807) is 17.2 Å². The number of aromatic nitrogens is 1. The molecule has 2 aromatic carbocycles. The van der Waals surface area contributed by atoms with Crippen LogP contribution in [-0.4, -0.2) is 22.4 Å². The van der Waals surface area contributed by atoms with Crippen molar-refractivity contribution in [3.05, 3.63) is 82.0 Å². The number of hydrogen-bond donors (Lipinski definition) is 0. The Morgan fingerprint density at radius 3 is 2.52 bits per heavy atom. The maximum Gasteiger partial charge on any atom is 0.261 e. The standard InChI is InChI=1S/C21H16Cl2N2O2/c22-16-8-14(9-17(23)10-16)11-25-12-19-18(15-4-2-1-3-5-15)6-7-24-21(19)27-13-20(25)26/h1-10H,11-13H2. The van der Waals surface area contributed by atoms with Crippen molar-refractivity contribution in [2.24, 2.45) is 0 Å². The van der Waals surface area contributed by atoms with Gasteiger partial charge in [0, 0.05) is 28.4 Å². The zero-order valence-electron chi connectivity index (χ0n) is 14.4. The minimum atomic E-state index is -0.108. The monoisotopic (exact) mass is 398 g/mol. The summed E-state index contributed by atoms with van der Waals surface area (Å²) in [5.41, 5.74) is 3.82. The van der Waals surface area contributed by atoms with Gasteiger partial charge >= 0.3 is 0 Å². The van der Waals surface area contributed by atoms with Crippen molar-refractivity contribution >= 4 is 29.1 Å². The summed E-state index contributed by atoms with van der Waals surface area (Å²) >= 11 is 12.2. The van der Waals surface area contributed by atoms with Crippen molar-refractivity contribution in [2.75, 3.05) is 6.61 Å². The Kier molecular flexibility index (Phi) is 5.01. The average Bonchev–Trinajstić information content (AvgIpc) is 2.81. The Bertz CT molecular complexity index is 972. The van der Waals surface area contributed by atoms with Crippen LogP contribution in [0.3, 0.4) is 0 Å². The van der Waals surface area contributed by atoms with Crippen molar-refractivity contribution in [2.45, 2.75) is 13.1 Å². The van der Waals surface area contributed by atoms with Gasteiger partial charge in [0.05, 0.1) is 6.54 Å². The number of halogens is 2. The number of fused-ring (bicyclic) bond motifs is 1. The second kappa shape index (κ2) is 7.59. The number of benzene rings is 2. The van der Waals surface area contributed by atoms with Gasteiger partial charge in [-0.25, -0.2) is 4.98 Å². The molecule has 1 aliphatic rings. The molecule has 0 aliphatic carbocycles. The summed E-state index contributed by atoms with van der Waals surface area (Å²) in [6.07, 6.45) is 1.71. The first-order chi connectivity index (χ1) is 13.1. The molecule has 0 bridgehead atoms. The first-order valence-electron chi connectivity index (χ1n) is 8.49. The van der Waals surface area contributed by atoms with Crippen molar-refractivity contribution in [1.82, 2.24) is 9.88 Å². The maximum atomic E-state index is 12.6. The van der Waals surface area contributed by atoms with E-state index in [4.69, 9.17) is 27.9 Å². The van der Waals surface area contributed by atoms with E-state index in [1.165, 1.54) is 0 Å². The lowest BCUT2D eigenvalue weighted by molar-refractivity contribution is -0.133. The van der Waals surface area contributed by atoms with Crippen LogP contribution in [0.15, 0.2) is 60.8 Å². The Morgan fingerprint density at radius 2 is 1.78 bits per heavy atom. The molecular weight excluding hydrogens is 383 g/mol. The number of rotatable bonds is 3. The van der Waals surface area contributed by atoms with Gasteiger partial charge in [0.25, 0.3) is 5.91 Å². The molecule has 1 aromatic heterocycles. The lowest BCUT2D eigenvalue weighted by Gasteiger charge is -2.21. The quantitative estimate of drug-likeness (QED) is 0.624. The lowest BCUT2D eigenvalue weighted by Crippen LogP contribution is -2.32. The molecule has 0 saturated carbocycles. The molecule has 0 radical (unpaired) electrons. The zero-order chi connectivity index (χ0) is 18.8. The van der Waals surface area contributed by atoms with E-state index in [1.807, 2.05) is 48.5 Å². The van der Waals surface area contributed by atoms with E-state index < -0.39 is 0 Å². The van der Waals surface area contributed by atoms with Crippen LogP contribution in [0.1, 0.15) is 11.1 Å². The van der Waals surface area contributed by atoms with Gasteiger partial charge < -0.3 is 9.64 Å². The first kappa shape index (κ1) is 17.8. The fourth-order valence-corrected chi connectivity index (χ4v) is 3.78. The predicted molar refractivity (Wildman–Crippen MR) is 106 cm³/mol. The molecule has 4 rings (SSSR count). The Labute approximate surface area is 167 Å². The average molecular weight is 399 g/mol. The fourth-order valence-electron chi connectivity index (χ4n) is 3.21. The SMILES string of the molecule is O=C1COc2nccc(-c3ccccc3)c2CN1Cc1cc(Cl)cc(Cl)c1. The van der Waals surface area contributed by atoms with Gasteiger partial charge in [-0.1, -0.05) is 53.5 Å². The highest BCUT2D eigenvalue weighted by atomic mass is 35.5. The van der Waals surface area contributed by atoms with Gasteiger partial charge in [0.1, 0.15) is 0 Å². The van der Waals surface area contributed by atoms with E-state index in [0.717, 1.165) is 22.3 Å². The lowest BCUT2D eigenvalue weighted by atomic mass is 10.0. The number of hydrogen-bond acceptors (Lipinski definition) is 3. The molecular formula is C21H16Cl2N2O2. The first-order valence-corrected chi connectivity index (χ1v) is 9.24. The van der Waals surface area contributed by atoms with Crippen molar-refractivity contribution in [1.29, 1.82) is 0 Å². The minimum absolute atomic E-state index is 0.0491. The largest absolute Gasteiger partial charge is 0.467 e. The second-order valence-corrected chi connectivity index (χ2v) is 7.20. The Hall–Kier alpha value is -2.56. The van der Waals surface area contributed by atoms with E-state index in [0.29, 0.717) is 29.0 Å². The van der Waals surface area contributed by atoms with Crippen LogP contribution in [-0.2, 0) is 17.9 Å². The molecule has 0 spiro atoms. The molecule has 0 unspecified atom stereocenters. The Balaban J connectivity index is 1.70. The molecule has 1 amide bonds.